The Morgan fingerprint density at radius 1 is 1.25 bits per heavy atom. The van der Waals surface area contributed by atoms with E-state index in [4.69, 9.17) is 17.3 Å². The van der Waals surface area contributed by atoms with Crippen LogP contribution in [0.1, 0.15) is 5.56 Å². The predicted molar refractivity (Wildman–Crippen MR) is 80.0 cm³/mol. The first-order valence-corrected chi connectivity index (χ1v) is 8.17. The molecule has 1 fully saturated rings. The number of halogens is 1. The maximum atomic E-state index is 12.4. The van der Waals surface area contributed by atoms with Crippen LogP contribution in [0.4, 0.5) is 5.69 Å². The fourth-order valence-electron chi connectivity index (χ4n) is 1.99. The second-order valence-electron chi connectivity index (χ2n) is 5.02. The Balaban J connectivity index is 2.20. The molecule has 0 unspecified atom stereocenters. The summed E-state index contributed by atoms with van der Waals surface area (Å²) in [7, 11) is -1.70. The first-order chi connectivity index (χ1) is 9.29. The number of hydrogen-bond acceptors (Lipinski definition) is 5. The van der Waals surface area contributed by atoms with E-state index >= 15 is 0 Å². The molecule has 1 aromatic rings. The third kappa shape index (κ3) is 3.42. The van der Waals surface area contributed by atoms with Gasteiger partial charge in [-0.2, -0.15) is 0 Å². The minimum atomic E-state index is -3.70. The molecule has 6 nitrogen and oxygen atoms in total. The molecule has 1 heterocycles. The Hall–Kier alpha value is -0.860. The van der Waals surface area contributed by atoms with Crippen molar-refractivity contribution in [2.24, 2.45) is 0 Å². The number of sulfonamides is 1. The van der Waals surface area contributed by atoms with E-state index in [0.717, 1.165) is 18.7 Å². The summed E-state index contributed by atoms with van der Waals surface area (Å²) < 4.78 is 24.7. The van der Waals surface area contributed by atoms with Gasteiger partial charge in [0.25, 0.3) is 10.0 Å². The lowest BCUT2D eigenvalue weighted by molar-refractivity contribution is 0.135. The molecule has 20 heavy (non-hydrogen) atoms. The van der Waals surface area contributed by atoms with E-state index in [1.54, 1.807) is 18.0 Å². The number of hydrogen-bond donors (Lipinski definition) is 2. The van der Waals surface area contributed by atoms with Gasteiger partial charge < -0.3 is 10.6 Å². The second-order valence-corrected chi connectivity index (χ2v) is 7.06. The highest BCUT2D eigenvalue weighted by Gasteiger charge is 2.24. The number of nitrogens with one attached hydrogen (secondary N) is 1. The molecule has 1 aliphatic rings. The van der Waals surface area contributed by atoms with Crippen molar-refractivity contribution in [2.75, 3.05) is 39.0 Å². The Labute approximate surface area is 124 Å². The van der Waals surface area contributed by atoms with E-state index in [1.807, 2.05) is 7.05 Å². The van der Waals surface area contributed by atoms with Crippen molar-refractivity contribution in [1.82, 2.24) is 14.7 Å². The molecule has 2 rings (SSSR count). The Morgan fingerprint density at radius 2 is 1.85 bits per heavy atom. The molecular weight excluding hydrogens is 300 g/mol. The van der Waals surface area contributed by atoms with Gasteiger partial charge in [0.1, 0.15) is 4.90 Å². The number of likely N-dealkylation sites (N-methyl/N-ethyl adjacent to an activating group) is 1. The lowest BCUT2D eigenvalue weighted by atomic mass is 10.2. The normalized spacial score (nSPS) is 18.4. The fourth-order valence-corrected chi connectivity index (χ4v) is 3.73. The van der Waals surface area contributed by atoms with Crippen LogP contribution >= 0.6 is 11.6 Å². The molecule has 0 amide bonds. The standard InChI is InChI=1S/C12H19ClN4O2S/c1-9-7-10(13)12(8-11(9)14)20(18,19)15-17-5-3-16(2)4-6-17/h7-8,15H,3-6,14H2,1-2H3. The van der Waals surface area contributed by atoms with Gasteiger partial charge in [0, 0.05) is 31.9 Å². The Morgan fingerprint density at radius 3 is 2.45 bits per heavy atom. The van der Waals surface area contributed by atoms with Crippen molar-refractivity contribution in [3.8, 4) is 0 Å². The molecule has 0 aliphatic carbocycles. The molecule has 0 radical (unpaired) electrons. The van der Waals surface area contributed by atoms with Gasteiger partial charge >= 0.3 is 0 Å². The van der Waals surface area contributed by atoms with Crippen LogP contribution in [0.2, 0.25) is 5.02 Å². The largest absolute Gasteiger partial charge is 0.398 e. The van der Waals surface area contributed by atoms with E-state index in [0.29, 0.717) is 18.8 Å². The summed E-state index contributed by atoms with van der Waals surface area (Å²) in [4.78, 5) is 4.71. The fraction of sp³-hybridized carbons (Fsp3) is 0.500. The minimum absolute atomic E-state index is 0.0150. The first-order valence-electron chi connectivity index (χ1n) is 6.31. The lowest BCUT2D eigenvalue weighted by Crippen LogP contribution is -2.52. The summed E-state index contributed by atoms with van der Waals surface area (Å²) in [5, 5.41) is 1.86. The minimum Gasteiger partial charge on any atom is -0.398 e. The number of nitrogen functional groups attached to an aromatic ring is 1. The van der Waals surface area contributed by atoms with E-state index in [-0.39, 0.29) is 9.92 Å². The van der Waals surface area contributed by atoms with Crippen LogP contribution < -0.4 is 10.6 Å². The third-order valence-corrected chi connectivity index (χ3v) is 5.20. The van der Waals surface area contributed by atoms with Crippen LogP contribution in [0.25, 0.3) is 0 Å². The van der Waals surface area contributed by atoms with Crippen molar-refractivity contribution in [3.63, 3.8) is 0 Å². The smallest absolute Gasteiger partial charge is 0.255 e. The van der Waals surface area contributed by atoms with Crippen molar-refractivity contribution in [2.45, 2.75) is 11.8 Å². The number of nitrogens with zero attached hydrogens (tertiary/aromatic N) is 2. The van der Waals surface area contributed by atoms with Gasteiger partial charge in [-0.3, -0.25) is 0 Å². The van der Waals surface area contributed by atoms with Crippen molar-refractivity contribution < 1.29 is 8.42 Å². The molecule has 0 saturated carbocycles. The van der Waals surface area contributed by atoms with E-state index in [1.165, 1.54) is 6.07 Å². The van der Waals surface area contributed by atoms with E-state index in [9.17, 15) is 8.42 Å². The van der Waals surface area contributed by atoms with Crippen LogP contribution in [0.15, 0.2) is 17.0 Å². The highest BCUT2D eigenvalue weighted by molar-refractivity contribution is 7.89. The number of anilines is 1. The molecule has 1 aromatic carbocycles. The molecule has 1 saturated heterocycles. The van der Waals surface area contributed by atoms with Crippen molar-refractivity contribution in [1.29, 1.82) is 0 Å². The van der Waals surface area contributed by atoms with Gasteiger partial charge in [0.2, 0.25) is 0 Å². The number of hydrazine groups is 1. The topological polar surface area (TPSA) is 78.7 Å². The van der Waals surface area contributed by atoms with Crippen LogP contribution in [-0.2, 0) is 10.0 Å². The van der Waals surface area contributed by atoms with E-state index < -0.39 is 10.0 Å². The molecule has 3 N–H and O–H groups in total. The number of benzene rings is 1. The molecule has 0 atom stereocenters. The summed E-state index contributed by atoms with van der Waals surface area (Å²) in [6, 6.07) is 2.96. The van der Waals surface area contributed by atoms with Crippen LogP contribution in [0.5, 0.6) is 0 Å². The highest BCUT2D eigenvalue weighted by Crippen LogP contribution is 2.26. The van der Waals surface area contributed by atoms with Gasteiger partial charge in [-0.1, -0.05) is 11.6 Å². The summed E-state index contributed by atoms with van der Waals surface area (Å²) in [5.74, 6) is 0. The van der Waals surface area contributed by atoms with E-state index in [2.05, 4.69) is 9.73 Å². The van der Waals surface area contributed by atoms with Gasteiger partial charge in [-0.15, -0.1) is 4.83 Å². The number of aryl methyl sites for hydroxylation is 1. The third-order valence-electron chi connectivity index (χ3n) is 3.36. The molecular formula is C12H19ClN4O2S. The summed E-state index contributed by atoms with van der Waals surface area (Å²) >= 11 is 6.03. The monoisotopic (exact) mass is 318 g/mol. The van der Waals surface area contributed by atoms with Crippen LogP contribution in [0, 0.1) is 6.92 Å². The summed E-state index contributed by atoms with van der Waals surface area (Å²) in [6.45, 7) is 4.67. The highest BCUT2D eigenvalue weighted by atomic mass is 35.5. The molecule has 0 spiro atoms. The van der Waals surface area contributed by atoms with Crippen molar-refractivity contribution >= 4 is 27.3 Å². The maximum absolute atomic E-state index is 12.4. The summed E-state index contributed by atoms with van der Waals surface area (Å²) in [6.07, 6.45) is 0. The number of piperazine rings is 1. The Bertz CT molecular complexity index is 598. The van der Waals surface area contributed by atoms with Crippen molar-refractivity contribution in [3.05, 3.63) is 22.7 Å². The molecule has 112 valence electrons. The molecule has 8 heteroatoms. The van der Waals surface area contributed by atoms with Crippen LogP contribution in [-0.4, -0.2) is 51.6 Å². The first kappa shape index (κ1) is 15.5. The average molecular weight is 319 g/mol. The van der Waals surface area contributed by atoms with Gasteiger partial charge in [0.15, 0.2) is 0 Å². The SMILES string of the molecule is Cc1cc(Cl)c(S(=O)(=O)NN2CCN(C)CC2)cc1N. The molecule has 1 aliphatic heterocycles. The zero-order chi connectivity index (χ0) is 14.9. The Kier molecular flexibility index (Phi) is 4.55. The number of nitrogens with two attached hydrogens (primary N) is 1. The maximum Gasteiger partial charge on any atom is 0.255 e. The zero-order valence-corrected chi connectivity index (χ0v) is 13.1. The molecule has 0 aromatic heterocycles. The average Bonchev–Trinajstić information content (AvgIpc) is 2.36. The van der Waals surface area contributed by atoms with Gasteiger partial charge in [0.05, 0.1) is 5.02 Å². The number of rotatable bonds is 3. The lowest BCUT2D eigenvalue weighted by Gasteiger charge is -2.32. The predicted octanol–water partition coefficient (Wildman–Crippen LogP) is 0.671. The van der Waals surface area contributed by atoms with Crippen LogP contribution in [0.3, 0.4) is 0 Å². The quantitative estimate of drug-likeness (QED) is 0.801. The second kappa shape index (κ2) is 5.87. The van der Waals surface area contributed by atoms with Gasteiger partial charge in [-0.05, 0) is 31.7 Å². The summed E-state index contributed by atoms with van der Waals surface area (Å²) in [5.41, 5.74) is 6.93. The van der Waals surface area contributed by atoms with Gasteiger partial charge in [-0.25, -0.2) is 13.4 Å². The molecule has 0 bridgehead atoms. The zero-order valence-electron chi connectivity index (χ0n) is 11.6.